The summed E-state index contributed by atoms with van der Waals surface area (Å²) in [6.07, 6.45) is 40.1. The Kier molecular flexibility index (Phi) is 35.6. The van der Waals surface area contributed by atoms with Crippen LogP contribution in [0.2, 0.25) is 0 Å². The van der Waals surface area contributed by atoms with E-state index in [2.05, 4.69) is 57.2 Å². The van der Waals surface area contributed by atoms with Gasteiger partial charge in [0.2, 0.25) is 0 Å². The molecule has 6 nitrogen and oxygen atoms in total. The fourth-order valence-corrected chi connectivity index (χ4v) is 5.26. The van der Waals surface area contributed by atoms with Crippen LogP contribution < -0.4 is 0 Å². The molecule has 0 aliphatic carbocycles. The van der Waals surface area contributed by atoms with Crippen molar-refractivity contribution in [3.8, 4) is 0 Å². The van der Waals surface area contributed by atoms with Crippen LogP contribution >= 0.6 is 0 Å². The first-order valence-corrected chi connectivity index (χ1v) is 20.0. The fourth-order valence-electron chi connectivity index (χ4n) is 5.26. The van der Waals surface area contributed by atoms with Gasteiger partial charge in [0.05, 0.1) is 0 Å². The molecule has 0 aromatic heterocycles. The van der Waals surface area contributed by atoms with Crippen LogP contribution in [-0.2, 0) is 28.6 Å². The zero-order valence-corrected chi connectivity index (χ0v) is 31.5. The molecule has 48 heavy (non-hydrogen) atoms. The van der Waals surface area contributed by atoms with E-state index in [1.165, 1.54) is 57.8 Å². The zero-order valence-electron chi connectivity index (χ0n) is 31.5. The molecule has 0 N–H and O–H groups in total. The molecule has 0 heterocycles. The Balaban J connectivity index is 4.31. The fraction of sp³-hybridized carbons (Fsp3) is 0.786. The van der Waals surface area contributed by atoms with Crippen molar-refractivity contribution in [3.63, 3.8) is 0 Å². The predicted octanol–water partition coefficient (Wildman–Crippen LogP) is 12.2. The highest BCUT2D eigenvalue weighted by Gasteiger charge is 2.19. The van der Waals surface area contributed by atoms with Crippen LogP contribution in [0.4, 0.5) is 0 Å². The van der Waals surface area contributed by atoms with Crippen molar-refractivity contribution in [2.24, 2.45) is 0 Å². The second-order valence-electron chi connectivity index (χ2n) is 13.2. The highest BCUT2D eigenvalue weighted by atomic mass is 16.6. The average Bonchev–Trinajstić information content (AvgIpc) is 3.08. The second kappa shape index (κ2) is 37.4. The third kappa shape index (κ3) is 35.0. The molecule has 0 fully saturated rings. The van der Waals surface area contributed by atoms with E-state index in [4.69, 9.17) is 14.2 Å². The lowest BCUT2D eigenvalue weighted by Crippen LogP contribution is -2.30. The maximum absolute atomic E-state index is 12.6. The Bertz CT molecular complexity index is 830. The van der Waals surface area contributed by atoms with Crippen LogP contribution in [0.5, 0.6) is 0 Å². The average molecular weight is 675 g/mol. The smallest absolute Gasteiger partial charge is 0.306 e. The molecule has 0 bridgehead atoms. The van der Waals surface area contributed by atoms with E-state index in [1.807, 2.05) is 0 Å². The Morgan fingerprint density at radius 2 is 0.771 bits per heavy atom. The third-order valence-electron chi connectivity index (χ3n) is 8.37. The van der Waals surface area contributed by atoms with Crippen molar-refractivity contribution in [2.45, 2.75) is 200 Å². The van der Waals surface area contributed by atoms with Gasteiger partial charge in [-0.1, -0.05) is 147 Å². The first-order chi connectivity index (χ1) is 23.5. The van der Waals surface area contributed by atoms with E-state index < -0.39 is 6.10 Å². The molecule has 0 saturated heterocycles. The number of unbranched alkanes of at least 4 members (excludes halogenated alkanes) is 18. The van der Waals surface area contributed by atoms with Crippen molar-refractivity contribution < 1.29 is 28.6 Å². The molecule has 6 heteroatoms. The summed E-state index contributed by atoms with van der Waals surface area (Å²) < 4.78 is 16.5. The van der Waals surface area contributed by atoms with Gasteiger partial charge in [-0.25, -0.2) is 0 Å². The van der Waals surface area contributed by atoms with E-state index in [0.29, 0.717) is 19.3 Å². The Morgan fingerprint density at radius 3 is 1.23 bits per heavy atom. The molecule has 0 amide bonds. The van der Waals surface area contributed by atoms with Gasteiger partial charge in [-0.15, -0.1) is 0 Å². The maximum atomic E-state index is 12.6. The van der Waals surface area contributed by atoms with Crippen LogP contribution in [0.1, 0.15) is 194 Å². The van der Waals surface area contributed by atoms with Gasteiger partial charge >= 0.3 is 17.9 Å². The molecule has 0 aliphatic heterocycles. The Labute approximate surface area is 295 Å². The summed E-state index contributed by atoms with van der Waals surface area (Å²) >= 11 is 0. The molecule has 1 atom stereocenters. The highest BCUT2D eigenvalue weighted by Crippen LogP contribution is 2.12. The zero-order chi connectivity index (χ0) is 35.2. The minimum absolute atomic E-state index is 0.0812. The molecule has 278 valence electrons. The number of esters is 3. The van der Waals surface area contributed by atoms with Crippen molar-refractivity contribution in [2.75, 3.05) is 13.2 Å². The SMILES string of the molecule is CCCC/C=C\C/C=C\CCCCCCCC(=O)OCC(COC(=O)CCCCCCC)OC(=O)CCCCCCC/C=C\CCCC. The lowest BCUT2D eigenvalue weighted by Gasteiger charge is -2.18. The van der Waals surface area contributed by atoms with Crippen molar-refractivity contribution >= 4 is 17.9 Å². The normalized spacial score (nSPS) is 12.3. The largest absolute Gasteiger partial charge is 0.462 e. The first kappa shape index (κ1) is 45.6. The molecule has 0 aromatic carbocycles. The molecular weight excluding hydrogens is 600 g/mol. The van der Waals surface area contributed by atoms with Gasteiger partial charge in [-0.2, -0.15) is 0 Å². The Hall–Kier alpha value is -2.37. The molecule has 1 unspecified atom stereocenters. The number of hydrogen-bond donors (Lipinski definition) is 0. The lowest BCUT2D eigenvalue weighted by atomic mass is 10.1. The second-order valence-corrected chi connectivity index (χ2v) is 13.2. The van der Waals surface area contributed by atoms with Gasteiger partial charge in [0.15, 0.2) is 6.10 Å². The van der Waals surface area contributed by atoms with Crippen molar-refractivity contribution in [1.82, 2.24) is 0 Å². The number of rotatable bonds is 35. The lowest BCUT2D eigenvalue weighted by molar-refractivity contribution is -0.167. The minimum Gasteiger partial charge on any atom is -0.462 e. The summed E-state index contributed by atoms with van der Waals surface area (Å²) in [4.78, 5) is 37.3. The molecule has 0 spiro atoms. The molecule has 0 saturated carbocycles. The number of carbonyl (C=O) groups is 3. The summed E-state index contributed by atoms with van der Waals surface area (Å²) in [6.45, 7) is 6.43. The highest BCUT2D eigenvalue weighted by molar-refractivity contribution is 5.71. The monoisotopic (exact) mass is 675 g/mol. The number of hydrogen-bond acceptors (Lipinski definition) is 6. The summed E-state index contributed by atoms with van der Waals surface area (Å²) in [5.74, 6) is -0.925. The predicted molar refractivity (Wildman–Crippen MR) is 201 cm³/mol. The van der Waals surface area contributed by atoms with Crippen molar-refractivity contribution in [3.05, 3.63) is 36.5 Å². The van der Waals surface area contributed by atoms with Gasteiger partial charge in [0, 0.05) is 19.3 Å². The van der Waals surface area contributed by atoms with Gasteiger partial charge in [0.1, 0.15) is 13.2 Å². The summed E-state index contributed by atoms with van der Waals surface area (Å²) in [6, 6.07) is 0. The Morgan fingerprint density at radius 1 is 0.417 bits per heavy atom. The van der Waals surface area contributed by atoms with E-state index in [1.54, 1.807) is 0 Å². The number of carbonyl (C=O) groups excluding carboxylic acids is 3. The quantitative estimate of drug-likeness (QED) is 0.0288. The van der Waals surface area contributed by atoms with Crippen molar-refractivity contribution in [1.29, 1.82) is 0 Å². The van der Waals surface area contributed by atoms with Gasteiger partial charge in [-0.05, 0) is 64.2 Å². The van der Waals surface area contributed by atoms with Gasteiger partial charge in [-0.3, -0.25) is 14.4 Å². The van der Waals surface area contributed by atoms with E-state index in [0.717, 1.165) is 96.3 Å². The number of ether oxygens (including phenoxy) is 3. The first-order valence-electron chi connectivity index (χ1n) is 20.0. The molecule has 0 radical (unpaired) electrons. The number of allylic oxidation sites excluding steroid dienone is 6. The van der Waals surface area contributed by atoms with E-state index in [9.17, 15) is 14.4 Å². The van der Waals surface area contributed by atoms with Gasteiger partial charge in [0.25, 0.3) is 0 Å². The standard InChI is InChI=1S/C42H74O6/c1-4-7-10-13-15-17-19-20-21-23-24-26-29-32-35-41(44)47-38-39(37-46-40(43)34-31-28-12-9-6-3)48-42(45)36-33-30-27-25-22-18-16-14-11-8-5-2/h13-16,19-20,39H,4-12,17-18,21-38H2,1-3H3/b15-13-,16-14-,20-19-. The van der Waals surface area contributed by atoms with Crippen LogP contribution in [0.25, 0.3) is 0 Å². The maximum Gasteiger partial charge on any atom is 0.306 e. The topological polar surface area (TPSA) is 78.9 Å². The van der Waals surface area contributed by atoms with E-state index in [-0.39, 0.29) is 31.1 Å². The van der Waals surface area contributed by atoms with Crippen LogP contribution in [0, 0.1) is 0 Å². The minimum atomic E-state index is -0.773. The summed E-state index contributed by atoms with van der Waals surface area (Å²) in [5.41, 5.74) is 0. The van der Waals surface area contributed by atoms with Gasteiger partial charge < -0.3 is 14.2 Å². The molecular formula is C42H74O6. The molecule has 0 aromatic rings. The molecule has 0 aliphatic rings. The molecule has 0 rings (SSSR count). The summed E-state index contributed by atoms with van der Waals surface area (Å²) in [5, 5.41) is 0. The van der Waals surface area contributed by atoms with Crippen LogP contribution in [0.15, 0.2) is 36.5 Å². The summed E-state index contributed by atoms with van der Waals surface area (Å²) in [7, 11) is 0. The third-order valence-corrected chi connectivity index (χ3v) is 8.37. The van der Waals surface area contributed by atoms with E-state index >= 15 is 0 Å². The van der Waals surface area contributed by atoms with Crippen LogP contribution in [-0.4, -0.2) is 37.2 Å². The van der Waals surface area contributed by atoms with Crippen LogP contribution in [0.3, 0.4) is 0 Å².